The molecule has 0 spiro atoms. The van der Waals surface area contributed by atoms with Crippen LogP contribution in [0.1, 0.15) is 5.56 Å². The molecule has 250 valence electrons. The third-order valence-corrected chi connectivity index (χ3v) is 10.3. The van der Waals surface area contributed by atoms with E-state index in [1.54, 1.807) is 0 Å². The number of fused-ring (bicyclic) bond motifs is 6. The number of aromatic nitrogens is 1. The number of benzene rings is 9. The molecule has 0 bridgehead atoms. The molecular weight excluding hydrogens is 645 g/mol. The zero-order valence-electron chi connectivity index (χ0n) is 29.2. The molecule has 0 saturated heterocycles. The van der Waals surface area contributed by atoms with E-state index in [4.69, 9.17) is 9.40 Å². The highest BCUT2D eigenvalue weighted by molar-refractivity contribution is 6.22. The summed E-state index contributed by atoms with van der Waals surface area (Å²) in [7, 11) is 0. The molecular formula is C50H34N2O. The van der Waals surface area contributed by atoms with Gasteiger partial charge >= 0.3 is 0 Å². The lowest BCUT2D eigenvalue weighted by Crippen LogP contribution is -2.10. The molecule has 0 saturated carbocycles. The predicted octanol–water partition coefficient (Wildman–Crippen LogP) is 14.1. The Morgan fingerprint density at radius 3 is 1.94 bits per heavy atom. The van der Waals surface area contributed by atoms with Crippen molar-refractivity contribution in [1.29, 1.82) is 0 Å². The third kappa shape index (κ3) is 5.42. The Morgan fingerprint density at radius 2 is 1.13 bits per heavy atom. The minimum atomic E-state index is 0.621. The van der Waals surface area contributed by atoms with E-state index in [0.29, 0.717) is 5.89 Å². The molecule has 53 heavy (non-hydrogen) atoms. The SMILES string of the molecule is Cc1cccc(-c2cc3ccc4oc(-c5ccccc5)nc4c3c3cc(N(c4ccc(-c5ccccc5)cc4)c4cccc5ccccc45)ccc23)c1. The lowest BCUT2D eigenvalue weighted by atomic mass is 9.91. The smallest absolute Gasteiger partial charge is 0.227 e. The highest BCUT2D eigenvalue weighted by Crippen LogP contribution is 2.45. The number of hydrogen-bond donors (Lipinski definition) is 0. The van der Waals surface area contributed by atoms with E-state index >= 15 is 0 Å². The van der Waals surface area contributed by atoms with E-state index in [1.807, 2.05) is 30.3 Å². The van der Waals surface area contributed by atoms with Gasteiger partial charge in [0.05, 0.1) is 5.69 Å². The van der Waals surface area contributed by atoms with Crippen molar-refractivity contribution in [3.05, 3.63) is 194 Å². The Balaban J connectivity index is 1.26. The van der Waals surface area contributed by atoms with Gasteiger partial charge in [0, 0.05) is 27.7 Å². The molecule has 0 aliphatic heterocycles. The fraction of sp³-hybridized carbons (Fsp3) is 0.0200. The minimum Gasteiger partial charge on any atom is -0.436 e. The van der Waals surface area contributed by atoms with Gasteiger partial charge in [-0.25, -0.2) is 4.98 Å². The fourth-order valence-corrected chi connectivity index (χ4v) is 7.78. The van der Waals surface area contributed by atoms with Crippen molar-refractivity contribution < 1.29 is 4.42 Å². The molecule has 0 radical (unpaired) electrons. The molecule has 0 aliphatic rings. The normalized spacial score (nSPS) is 11.5. The molecule has 0 amide bonds. The quantitative estimate of drug-likeness (QED) is 0.164. The Kier molecular flexibility index (Phi) is 7.36. The molecule has 3 nitrogen and oxygen atoms in total. The van der Waals surface area contributed by atoms with Crippen LogP contribution >= 0.6 is 0 Å². The highest BCUT2D eigenvalue weighted by atomic mass is 16.3. The van der Waals surface area contributed by atoms with Crippen molar-refractivity contribution in [2.75, 3.05) is 4.90 Å². The first-order valence-electron chi connectivity index (χ1n) is 18.0. The Hall–Kier alpha value is -6.97. The van der Waals surface area contributed by atoms with Gasteiger partial charge in [0.25, 0.3) is 0 Å². The zero-order valence-corrected chi connectivity index (χ0v) is 29.2. The van der Waals surface area contributed by atoms with E-state index in [-0.39, 0.29) is 0 Å². The fourth-order valence-electron chi connectivity index (χ4n) is 7.78. The van der Waals surface area contributed by atoms with Crippen LogP contribution in [0.3, 0.4) is 0 Å². The van der Waals surface area contributed by atoms with Gasteiger partial charge in [-0.1, -0.05) is 139 Å². The second-order valence-electron chi connectivity index (χ2n) is 13.7. The van der Waals surface area contributed by atoms with Crippen molar-refractivity contribution in [2.45, 2.75) is 6.92 Å². The summed E-state index contributed by atoms with van der Waals surface area (Å²) < 4.78 is 6.43. The molecule has 1 heterocycles. The van der Waals surface area contributed by atoms with E-state index in [2.05, 4.69) is 170 Å². The van der Waals surface area contributed by atoms with Crippen molar-refractivity contribution >= 4 is 60.5 Å². The maximum atomic E-state index is 6.43. The number of nitrogens with zero attached hydrogens (tertiary/aromatic N) is 2. The number of hydrogen-bond acceptors (Lipinski definition) is 3. The lowest BCUT2D eigenvalue weighted by Gasteiger charge is -2.28. The van der Waals surface area contributed by atoms with E-state index < -0.39 is 0 Å². The van der Waals surface area contributed by atoms with Gasteiger partial charge in [0.1, 0.15) is 5.52 Å². The molecule has 0 atom stereocenters. The Morgan fingerprint density at radius 1 is 0.453 bits per heavy atom. The van der Waals surface area contributed by atoms with E-state index in [0.717, 1.165) is 49.9 Å². The largest absolute Gasteiger partial charge is 0.436 e. The van der Waals surface area contributed by atoms with Crippen LogP contribution in [0.15, 0.2) is 192 Å². The maximum Gasteiger partial charge on any atom is 0.227 e. The average molecular weight is 679 g/mol. The molecule has 0 aliphatic carbocycles. The summed E-state index contributed by atoms with van der Waals surface area (Å²) >= 11 is 0. The molecule has 1 aromatic heterocycles. The van der Waals surface area contributed by atoms with Gasteiger partial charge in [-0.2, -0.15) is 0 Å². The van der Waals surface area contributed by atoms with Crippen LogP contribution in [0.2, 0.25) is 0 Å². The van der Waals surface area contributed by atoms with Gasteiger partial charge in [0.15, 0.2) is 5.58 Å². The summed E-state index contributed by atoms with van der Waals surface area (Å²) in [4.78, 5) is 7.56. The monoisotopic (exact) mass is 678 g/mol. The van der Waals surface area contributed by atoms with Gasteiger partial charge in [0.2, 0.25) is 5.89 Å². The Bertz CT molecular complexity index is 2940. The number of anilines is 3. The van der Waals surface area contributed by atoms with Gasteiger partial charge < -0.3 is 9.32 Å². The van der Waals surface area contributed by atoms with Gasteiger partial charge in [-0.3, -0.25) is 0 Å². The number of oxazole rings is 1. The first kappa shape index (κ1) is 30.8. The van der Waals surface area contributed by atoms with Gasteiger partial charge in [-0.15, -0.1) is 0 Å². The third-order valence-electron chi connectivity index (χ3n) is 10.3. The first-order chi connectivity index (χ1) is 26.2. The molecule has 10 aromatic rings. The number of rotatable bonds is 6. The standard InChI is InChI=1S/C50H34N2O/c1-33-12-10-19-38(30-33)44-31-39-24-29-47-49(51-50(53-47)37-16-6-3-7-17-37)48(39)45-32-41(27-28-43(44)45)52(46-21-11-18-36-15-8-9-20-42(36)46)40-25-22-35(23-26-40)34-13-4-2-5-14-34/h2-32H,1H3. The minimum absolute atomic E-state index is 0.621. The van der Waals surface area contributed by atoms with Gasteiger partial charge in [-0.05, 0) is 105 Å². The van der Waals surface area contributed by atoms with Crippen LogP contribution in [-0.4, -0.2) is 4.98 Å². The summed E-state index contributed by atoms with van der Waals surface area (Å²) in [6.07, 6.45) is 0. The van der Waals surface area contributed by atoms with Crippen LogP contribution in [0.4, 0.5) is 17.1 Å². The van der Waals surface area contributed by atoms with Crippen LogP contribution in [0.5, 0.6) is 0 Å². The second-order valence-corrected chi connectivity index (χ2v) is 13.7. The van der Waals surface area contributed by atoms with Crippen molar-refractivity contribution in [1.82, 2.24) is 4.98 Å². The van der Waals surface area contributed by atoms with Crippen LogP contribution < -0.4 is 4.90 Å². The second kappa shape index (κ2) is 12.7. The lowest BCUT2D eigenvalue weighted by molar-refractivity contribution is 0.620. The topological polar surface area (TPSA) is 29.3 Å². The maximum absolute atomic E-state index is 6.43. The van der Waals surface area contributed by atoms with Crippen molar-refractivity contribution in [2.24, 2.45) is 0 Å². The average Bonchev–Trinajstić information content (AvgIpc) is 3.66. The van der Waals surface area contributed by atoms with Crippen molar-refractivity contribution in [3.63, 3.8) is 0 Å². The molecule has 10 rings (SSSR count). The summed E-state index contributed by atoms with van der Waals surface area (Å²) in [6, 6.07) is 67.0. The molecule has 0 fully saturated rings. The summed E-state index contributed by atoms with van der Waals surface area (Å²) in [5, 5.41) is 6.88. The van der Waals surface area contributed by atoms with E-state index in [1.165, 1.54) is 44.0 Å². The molecule has 0 N–H and O–H groups in total. The highest BCUT2D eigenvalue weighted by Gasteiger charge is 2.20. The summed E-state index contributed by atoms with van der Waals surface area (Å²) in [6.45, 7) is 2.15. The van der Waals surface area contributed by atoms with Crippen LogP contribution in [0.25, 0.3) is 77.1 Å². The number of aryl methyl sites for hydroxylation is 1. The molecule has 9 aromatic carbocycles. The first-order valence-corrected chi connectivity index (χ1v) is 18.0. The van der Waals surface area contributed by atoms with Crippen molar-refractivity contribution in [3.8, 4) is 33.7 Å². The van der Waals surface area contributed by atoms with E-state index in [9.17, 15) is 0 Å². The van der Waals surface area contributed by atoms with Crippen LogP contribution in [0, 0.1) is 6.92 Å². The molecule has 3 heteroatoms. The summed E-state index contributed by atoms with van der Waals surface area (Å²) in [5.41, 5.74) is 11.8. The summed E-state index contributed by atoms with van der Waals surface area (Å²) in [5.74, 6) is 0.621. The zero-order chi connectivity index (χ0) is 35.3. The predicted molar refractivity (Wildman–Crippen MR) is 222 cm³/mol. The molecule has 0 unspecified atom stereocenters. The van der Waals surface area contributed by atoms with Crippen LogP contribution in [-0.2, 0) is 0 Å². The Labute approximate surface area is 308 Å².